The molecule has 2 N–H and O–H groups in total. The number of carbonyl (C=O) groups excluding carboxylic acids is 1. The minimum Gasteiger partial charge on any atom is -0.366 e. The molecule has 0 saturated heterocycles. The molecule has 0 fully saturated rings. The number of nitrogens with zero attached hydrogens (tertiary/aromatic N) is 2. The first-order valence-electron chi connectivity index (χ1n) is 6.60. The first kappa shape index (κ1) is 11.8. The number of hydrogen-bond donors (Lipinski definition) is 1. The molecule has 4 heteroatoms. The Balaban J connectivity index is 2.30. The molecule has 0 aliphatic carbocycles. The molecule has 0 bridgehead atoms. The Kier molecular flexibility index (Phi) is 2.38. The van der Waals surface area contributed by atoms with Crippen LogP contribution in [0.3, 0.4) is 0 Å². The molecule has 0 aromatic heterocycles. The zero-order valence-electron chi connectivity index (χ0n) is 11.1. The van der Waals surface area contributed by atoms with Crippen LogP contribution in [-0.4, -0.2) is 18.3 Å². The zero-order chi connectivity index (χ0) is 14.4. The quantitative estimate of drug-likeness (QED) is 0.829. The van der Waals surface area contributed by atoms with Gasteiger partial charge in [0.1, 0.15) is 0 Å². The number of carbonyl (C=O) groups is 1. The molecule has 2 aliphatic heterocycles. The molecule has 4 nitrogen and oxygen atoms in total. The van der Waals surface area contributed by atoms with E-state index in [9.17, 15) is 4.79 Å². The monoisotopic (exact) mass is 273 g/mol. The van der Waals surface area contributed by atoms with E-state index in [0.29, 0.717) is 5.56 Å². The van der Waals surface area contributed by atoms with Gasteiger partial charge in [0.2, 0.25) is 5.91 Å². The van der Waals surface area contributed by atoms with Crippen molar-refractivity contribution in [2.24, 2.45) is 15.7 Å². The number of primary amides is 1. The smallest absolute Gasteiger partial charge is 0.248 e. The van der Waals surface area contributed by atoms with Gasteiger partial charge in [-0.3, -0.25) is 14.8 Å². The standard InChI is InChI=1S/C17H11N3O/c18-17(21)10-8-14(13-5-7-20-16(13)9-10)11-2-1-3-15-12(11)4-6-19-15/h1-9H,(H2,18,21). The Morgan fingerprint density at radius 2 is 1.62 bits per heavy atom. The fraction of sp³-hybridized carbons (Fsp3) is 0. The number of hydrogen-bond acceptors (Lipinski definition) is 3. The van der Waals surface area contributed by atoms with Crippen LogP contribution < -0.4 is 16.2 Å². The average molecular weight is 273 g/mol. The topological polar surface area (TPSA) is 67.8 Å². The second kappa shape index (κ2) is 4.24. The Morgan fingerprint density at radius 3 is 2.38 bits per heavy atom. The summed E-state index contributed by atoms with van der Waals surface area (Å²) in [6, 6.07) is 9.51. The van der Waals surface area contributed by atoms with Crippen LogP contribution in [0.4, 0.5) is 11.4 Å². The summed E-state index contributed by atoms with van der Waals surface area (Å²) in [4.78, 5) is 20.2. The summed E-state index contributed by atoms with van der Waals surface area (Å²) in [6.07, 6.45) is 7.45. The molecule has 2 aliphatic rings. The molecule has 2 aromatic carbocycles. The molecule has 0 atom stereocenters. The van der Waals surface area contributed by atoms with Crippen molar-refractivity contribution in [3.8, 4) is 0 Å². The molecule has 1 amide bonds. The lowest BCUT2D eigenvalue weighted by molar-refractivity contribution is 0.1000. The summed E-state index contributed by atoms with van der Waals surface area (Å²) in [5, 5.41) is 4.05. The lowest BCUT2D eigenvalue weighted by Gasteiger charge is -2.00. The van der Waals surface area contributed by atoms with Crippen LogP contribution in [0, 0.1) is 10.4 Å². The molecule has 0 saturated carbocycles. The SMILES string of the molecule is NC(=O)c1cc2c(c(=c3cccc4c3=CC=N4)c1)=CC=N2. The maximum Gasteiger partial charge on any atom is 0.248 e. The van der Waals surface area contributed by atoms with Gasteiger partial charge in [0, 0.05) is 28.4 Å². The first-order chi connectivity index (χ1) is 10.2. The summed E-state index contributed by atoms with van der Waals surface area (Å²) in [5.74, 6) is -0.450. The van der Waals surface area contributed by atoms with Crippen molar-refractivity contribution < 1.29 is 4.79 Å². The summed E-state index contributed by atoms with van der Waals surface area (Å²) in [7, 11) is 0. The van der Waals surface area contributed by atoms with Crippen LogP contribution in [0.2, 0.25) is 0 Å². The summed E-state index contributed by atoms with van der Waals surface area (Å²) < 4.78 is 0. The molecular formula is C17H11N3O. The highest BCUT2D eigenvalue weighted by Gasteiger charge is 2.08. The van der Waals surface area contributed by atoms with E-state index in [1.54, 1.807) is 18.5 Å². The largest absolute Gasteiger partial charge is 0.366 e. The predicted molar refractivity (Wildman–Crippen MR) is 83.6 cm³/mol. The Hall–Kier alpha value is -3.01. The van der Waals surface area contributed by atoms with Crippen LogP contribution in [0.25, 0.3) is 12.2 Å². The van der Waals surface area contributed by atoms with Crippen LogP contribution >= 0.6 is 0 Å². The Bertz CT molecular complexity index is 1060. The van der Waals surface area contributed by atoms with Crippen molar-refractivity contribution in [1.82, 2.24) is 0 Å². The van der Waals surface area contributed by atoms with Gasteiger partial charge < -0.3 is 5.73 Å². The minimum absolute atomic E-state index is 0.450. The normalized spacial score (nSPS) is 15.2. The zero-order valence-corrected chi connectivity index (χ0v) is 11.1. The number of rotatable bonds is 1. The molecule has 4 rings (SSSR count). The summed E-state index contributed by atoms with van der Waals surface area (Å²) in [6.45, 7) is 0. The number of aliphatic imine (C=N–C) groups is 2. The van der Waals surface area contributed by atoms with Gasteiger partial charge in [-0.15, -0.1) is 0 Å². The van der Waals surface area contributed by atoms with Gasteiger partial charge in [-0.05, 0) is 40.8 Å². The van der Waals surface area contributed by atoms with E-state index in [1.807, 2.05) is 36.4 Å². The minimum atomic E-state index is -0.450. The van der Waals surface area contributed by atoms with E-state index in [0.717, 1.165) is 32.2 Å². The number of fused-ring (bicyclic) bond motifs is 2. The van der Waals surface area contributed by atoms with E-state index < -0.39 is 5.91 Å². The third-order valence-corrected chi connectivity index (χ3v) is 3.73. The summed E-state index contributed by atoms with van der Waals surface area (Å²) in [5.41, 5.74) is 7.61. The Labute approximate surface area is 120 Å². The number of benzene rings is 2. The second-order valence-electron chi connectivity index (χ2n) is 4.95. The predicted octanol–water partition coefficient (Wildman–Crippen LogP) is 1.07. The molecule has 2 aromatic rings. The lowest BCUT2D eigenvalue weighted by Crippen LogP contribution is -2.15. The molecule has 0 unspecified atom stereocenters. The van der Waals surface area contributed by atoms with Crippen LogP contribution in [-0.2, 0) is 0 Å². The molecule has 21 heavy (non-hydrogen) atoms. The molecular weight excluding hydrogens is 262 g/mol. The fourth-order valence-corrected chi connectivity index (χ4v) is 2.74. The van der Waals surface area contributed by atoms with Crippen molar-refractivity contribution in [2.75, 3.05) is 0 Å². The van der Waals surface area contributed by atoms with Crippen molar-refractivity contribution in [3.63, 3.8) is 0 Å². The van der Waals surface area contributed by atoms with E-state index in [-0.39, 0.29) is 0 Å². The van der Waals surface area contributed by atoms with E-state index in [1.165, 1.54) is 0 Å². The highest BCUT2D eigenvalue weighted by molar-refractivity contribution is 5.99. The van der Waals surface area contributed by atoms with Crippen LogP contribution in [0.1, 0.15) is 10.4 Å². The van der Waals surface area contributed by atoms with E-state index in [2.05, 4.69) is 9.98 Å². The van der Waals surface area contributed by atoms with Gasteiger partial charge >= 0.3 is 0 Å². The maximum absolute atomic E-state index is 11.5. The second-order valence-corrected chi connectivity index (χ2v) is 4.95. The van der Waals surface area contributed by atoms with Crippen molar-refractivity contribution in [3.05, 3.63) is 56.8 Å². The highest BCUT2D eigenvalue weighted by atomic mass is 16.1. The summed E-state index contributed by atoms with van der Waals surface area (Å²) >= 11 is 0. The third-order valence-electron chi connectivity index (χ3n) is 3.73. The van der Waals surface area contributed by atoms with Gasteiger partial charge in [-0.2, -0.15) is 0 Å². The average Bonchev–Trinajstić information content (AvgIpc) is 3.14. The van der Waals surface area contributed by atoms with Gasteiger partial charge in [-0.1, -0.05) is 12.1 Å². The van der Waals surface area contributed by atoms with Gasteiger partial charge in [0.25, 0.3) is 0 Å². The fourth-order valence-electron chi connectivity index (χ4n) is 2.74. The lowest BCUT2D eigenvalue weighted by atomic mass is 10.1. The Morgan fingerprint density at radius 1 is 0.905 bits per heavy atom. The van der Waals surface area contributed by atoms with Crippen molar-refractivity contribution in [1.29, 1.82) is 0 Å². The van der Waals surface area contributed by atoms with E-state index in [4.69, 9.17) is 5.73 Å². The van der Waals surface area contributed by atoms with Gasteiger partial charge in [0.15, 0.2) is 0 Å². The number of amides is 1. The highest BCUT2D eigenvalue weighted by Crippen LogP contribution is 2.14. The third kappa shape index (κ3) is 1.73. The van der Waals surface area contributed by atoms with Gasteiger partial charge in [-0.25, -0.2) is 0 Å². The van der Waals surface area contributed by atoms with Gasteiger partial charge in [0.05, 0.1) is 11.4 Å². The molecule has 0 spiro atoms. The van der Waals surface area contributed by atoms with Crippen molar-refractivity contribution in [2.45, 2.75) is 0 Å². The van der Waals surface area contributed by atoms with Crippen LogP contribution in [0.5, 0.6) is 0 Å². The number of nitrogens with two attached hydrogens (primary N) is 1. The maximum atomic E-state index is 11.5. The molecule has 0 radical (unpaired) electrons. The first-order valence-corrected chi connectivity index (χ1v) is 6.60. The van der Waals surface area contributed by atoms with Crippen LogP contribution in [0.15, 0.2) is 40.3 Å². The molecule has 2 heterocycles. The van der Waals surface area contributed by atoms with E-state index >= 15 is 0 Å². The van der Waals surface area contributed by atoms with Crippen molar-refractivity contribution >= 4 is 41.9 Å². The molecule has 100 valence electrons.